The molecule has 0 aliphatic rings. The van der Waals surface area contributed by atoms with Gasteiger partial charge in [0.25, 0.3) is 0 Å². The van der Waals surface area contributed by atoms with Gasteiger partial charge < -0.3 is 15.6 Å². The van der Waals surface area contributed by atoms with Gasteiger partial charge in [-0.1, -0.05) is 12.1 Å². The number of halogens is 3. The van der Waals surface area contributed by atoms with Gasteiger partial charge in [-0.3, -0.25) is 0 Å². The summed E-state index contributed by atoms with van der Waals surface area (Å²) in [6, 6.07) is 6.88. The fraction of sp³-hybridized carbons (Fsp3) is 0.0833. The van der Waals surface area contributed by atoms with Crippen LogP contribution in [0.15, 0.2) is 42.7 Å². The van der Waals surface area contributed by atoms with E-state index < -0.39 is 11.7 Å². The number of rotatable bonds is 2. The third-order valence-electron chi connectivity index (χ3n) is 2.34. The van der Waals surface area contributed by atoms with Gasteiger partial charge in [0.15, 0.2) is 5.11 Å². The number of H-pyrrole nitrogens is 1. The van der Waals surface area contributed by atoms with Gasteiger partial charge >= 0.3 is 6.18 Å². The van der Waals surface area contributed by atoms with E-state index in [0.717, 1.165) is 6.07 Å². The Morgan fingerprint density at radius 1 is 1.11 bits per heavy atom. The minimum atomic E-state index is -4.42. The van der Waals surface area contributed by atoms with Crippen molar-refractivity contribution in [1.82, 2.24) is 4.98 Å². The predicted molar refractivity (Wildman–Crippen MR) is 72.1 cm³/mol. The maximum absolute atomic E-state index is 12.8. The first-order valence-corrected chi connectivity index (χ1v) is 5.74. The SMILES string of the molecule is FC(F)(F)c1ccccc1NC(=S)Nc1cc[nH]c1. The topological polar surface area (TPSA) is 39.8 Å². The molecule has 0 bridgehead atoms. The number of hydrogen-bond donors (Lipinski definition) is 3. The number of para-hydroxylation sites is 1. The first-order valence-electron chi connectivity index (χ1n) is 5.34. The lowest BCUT2D eigenvalue weighted by Crippen LogP contribution is -2.21. The zero-order chi connectivity index (χ0) is 13.9. The molecule has 0 unspecified atom stereocenters. The van der Waals surface area contributed by atoms with Gasteiger partial charge in [0.05, 0.1) is 16.9 Å². The Hall–Kier alpha value is -2.02. The Bertz CT molecular complexity index is 564. The van der Waals surface area contributed by atoms with Crippen LogP contribution in [0.1, 0.15) is 5.56 Å². The molecule has 1 heterocycles. The summed E-state index contributed by atoms with van der Waals surface area (Å²) in [5.41, 5.74) is -0.168. The van der Waals surface area contributed by atoms with E-state index >= 15 is 0 Å². The molecule has 0 aliphatic heterocycles. The molecule has 3 N–H and O–H groups in total. The molecule has 0 atom stereocenters. The number of alkyl halides is 3. The van der Waals surface area contributed by atoms with Crippen LogP contribution in [0.5, 0.6) is 0 Å². The van der Waals surface area contributed by atoms with Crippen LogP contribution in [-0.4, -0.2) is 10.1 Å². The van der Waals surface area contributed by atoms with E-state index in [1.807, 2.05) is 0 Å². The quantitative estimate of drug-likeness (QED) is 0.734. The van der Waals surface area contributed by atoms with Crippen LogP contribution in [0.3, 0.4) is 0 Å². The van der Waals surface area contributed by atoms with Crippen LogP contribution in [0.25, 0.3) is 0 Å². The Labute approximate surface area is 112 Å². The van der Waals surface area contributed by atoms with Crippen LogP contribution in [0, 0.1) is 0 Å². The zero-order valence-corrected chi connectivity index (χ0v) is 10.4. The molecule has 3 nitrogen and oxygen atoms in total. The second kappa shape index (κ2) is 5.31. The molecule has 0 radical (unpaired) electrons. The van der Waals surface area contributed by atoms with Crippen molar-refractivity contribution in [2.24, 2.45) is 0 Å². The van der Waals surface area contributed by atoms with Crippen molar-refractivity contribution in [3.8, 4) is 0 Å². The zero-order valence-electron chi connectivity index (χ0n) is 9.58. The number of aromatic nitrogens is 1. The van der Waals surface area contributed by atoms with E-state index in [0.29, 0.717) is 5.69 Å². The van der Waals surface area contributed by atoms with Gasteiger partial charge in [0.2, 0.25) is 0 Å². The van der Waals surface area contributed by atoms with Crippen LogP contribution in [0.4, 0.5) is 24.5 Å². The first-order chi connectivity index (χ1) is 8.97. The molecule has 0 saturated carbocycles. The number of aromatic amines is 1. The smallest absolute Gasteiger partial charge is 0.366 e. The lowest BCUT2D eigenvalue weighted by molar-refractivity contribution is -0.136. The molecule has 0 fully saturated rings. The second-order valence-electron chi connectivity index (χ2n) is 3.72. The normalized spacial score (nSPS) is 11.1. The van der Waals surface area contributed by atoms with Crippen LogP contribution < -0.4 is 10.6 Å². The third kappa shape index (κ3) is 3.47. The van der Waals surface area contributed by atoms with Crippen molar-refractivity contribution in [2.45, 2.75) is 6.18 Å². The van der Waals surface area contributed by atoms with E-state index in [4.69, 9.17) is 12.2 Å². The van der Waals surface area contributed by atoms with E-state index in [-0.39, 0.29) is 10.8 Å². The van der Waals surface area contributed by atoms with Crippen molar-refractivity contribution in [3.05, 3.63) is 48.3 Å². The Kier molecular flexibility index (Phi) is 3.75. The number of hydrogen-bond acceptors (Lipinski definition) is 1. The second-order valence-corrected chi connectivity index (χ2v) is 4.13. The average Bonchev–Trinajstić information content (AvgIpc) is 2.81. The highest BCUT2D eigenvalue weighted by Crippen LogP contribution is 2.34. The van der Waals surface area contributed by atoms with E-state index in [2.05, 4.69) is 15.6 Å². The van der Waals surface area contributed by atoms with E-state index in [1.165, 1.54) is 18.2 Å². The van der Waals surface area contributed by atoms with Crippen LogP contribution in [0.2, 0.25) is 0 Å². The molecule has 0 aliphatic carbocycles. The predicted octanol–water partition coefficient (Wildman–Crippen LogP) is 3.84. The minimum Gasteiger partial charge on any atom is -0.366 e. The first kappa shape index (κ1) is 13.4. The lowest BCUT2D eigenvalue weighted by atomic mass is 10.1. The number of anilines is 2. The van der Waals surface area contributed by atoms with Crippen molar-refractivity contribution in [2.75, 3.05) is 10.6 Å². The monoisotopic (exact) mass is 285 g/mol. The summed E-state index contributed by atoms with van der Waals surface area (Å²) in [5, 5.41) is 5.41. The van der Waals surface area contributed by atoms with Gasteiger partial charge in [0.1, 0.15) is 0 Å². The van der Waals surface area contributed by atoms with Crippen LogP contribution >= 0.6 is 12.2 Å². The summed E-state index contributed by atoms with van der Waals surface area (Å²) in [6.07, 6.45) is -1.11. The summed E-state index contributed by atoms with van der Waals surface area (Å²) >= 11 is 4.96. The molecule has 7 heteroatoms. The number of thiocarbonyl (C=S) groups is 1. The summed E-state index contributed by atoms with van der Waals surface area (Å²) in [5.74, 6) is 0. The van der Waals surface area contributed by atoms with Gasteiger partial charge in [0, 0.05) is 12.4 Å². The van der Waals surface area contributed by atoms with Crippen molar-refractivity contribution < 1.29 is 13.2 Å². The molecule has 0 spiro atoms. The number of nitrogens with one attached hydrogen (secondary N) is 3. The largest absolute Gasteiger partial charge is 0.418 e. The molecule has 0 saturated heterocycles. The van der Waals surface area contributed by atoms with Gasteiger partial charge in [-0.2, -0.15) is 13.2 Å². The molecule has 1 aromatic heterocycles. The summed E-state index contributed by atoms with van der Waals surface area (Å²) in [6.45, 7) is 0. The minimum absolute atomic E-state index is 0.0805. The molecule has 2 rings (SSSR count). The summed E-state index contributed by atoms with van der Waals surface area (Å²) in [7, 11) is 0. The highest BCUT2D eigenvalue weighted by Gasteiger charge is 2.33. The molecular formula is C12H10F3N3S. The van der Waals surface area contributed by atoms with Crippen molar-refractivity contribution in [1.29, 1.82) is 0 Å². The standard InChI is InChI=1S/C12H10F3N3S/c13-12(14,15)9-3-1-2-4-10(9)18-11(19)17-8-5-6-16-7-8/h1-7,16H,(H2,17,18,19). The third-order valence-corrected chi connectivity index (χ3v) is 2.54. The fourth-order valence-corrected chi connectivity index (χ4v) is 1.75. The fourth-order valence-electron chi connectivity index (χ4n) is 1.53. The highest BCUT2D eigenvalue weighted by molar-refractivity contribution is 7.80. The Morgan fingerprint density at radius 3 is 2.47 bits per heavy atom. The summed E-state index contributed by atoms with van der Waals surface area (Å²) < 4.78 is 38.3. The van der Waals surface area contributed by atoms with Crippen LogP contribution in [-0.2, 0) is 6.18 Å². The van der Waals surface area contributed by atoms with Gasteiger partial charge in [-0.25, -0.2) is 0 Å². The Balaban J connectivity index is 2.13. The summed E-state index contributed by atoms with van der Waals surface area (Å²) in [4.78, 5) is 2.80. The average molecular weight is 285 g/mol. The molecule has 1 aromatic carbocycles. The lowest BCUT2D eigenvalue weighted by Gasteiger charge is -2.15. The molecular weight excluding hydrogens is 275 g/mol. The van der Waals surface area contributed by atoms with Crippen molar-refractivity contribution in [3.63, 3.8) is 0 Å². The molecule has 19 heavy (non-hydrogen) atoms. The van der Waals surface area contributed by atoms with E-state index in [9.17, 15) is 13.2 Å². The van der Waals surface area contributed by atoms with Gasteiger partial charge in [-0.05, 0) is 30.4 Å². The molecule has 100 valence electrons. The highest BCUT2D eigenvalue weighted by atomic mass is 32.1. The molecule has 0 amide bonds. The molecule has 2 aromatic rings. The maximum Gasteiger partial charge on any atom is 0.418 e. The van der Waals surface area contributed by atoms with Gasteiger partial charge in [-0.15, -0.1) is 0 Å². The maximum atomic E-state index is 12.8. The number of benzene rings is 1. The Morgan fingerprint density at radius 2 is 1.84 bits per heavy atom. The van der Waals surface area contributed by atoms with E-state index in [1.54, 1.807) is 18.5 Å². The van der Waals surface area contributed by atoms with Crippen molar-refractivity contribution >= 4 is 28.7 Å².